The van der Waals surface area contributed by atoms with E-state index in [1.807, 2.05) is 6.92 Å². The lowest BCUT2D eigenvalue weighted by molar-refractivity contribution is -0.139. The topological polar surface area (TPSA) is 92.4 Å². The van der Waals surface area contributed by atoms with E-state index in [1.54, 1.807) is 17.7 Å². The molecular weight excluding hydrogens is 292 g/mol. The van der Waals surface area contributed by atoms with Gasteiger partial charge in [0.2, 0.25) is 0 Å². The van der Waals surface area contributed by atoms with Crippen LogP contribution in [0.2, 0.25) is 0 Å². The average molecular weight is 308 g/mol. The summed E-state index contributed by atoms with van der Waals surface area (Å²) in [7, 11) is 0. The standard InChI is InChI=1S/C14H16N2O4S/c1-2-3-4-10(14(18)19)15-12(17)11-8-21-13(16-11)9-5-6-20-7-9/h5-8,10H,2-4H2,1H3,(H,15,17)(H,18,19)/t10-/m0/s1. The van der Waals surface area contributed by atoms with Crippen LogP contribution in [0.1, 0.15) is 36.7 Å². The van der Waals surface area contributed by atoms with Gasteiger partial charge in [-0.3, -0.25) is 4.79 Å². The molecule has 0 saturated carbocycles. The number of aliphatic carboxylic acids is 1. The van der Waals surface area contributed by atoms with Gasteiger partial charge >= 0.3 is 5.97 Å². The Morgan fingerprint density at radius 2 is 2.33 bits per heavy atom. The van der Waals surface area contributed by atoms with Crippen LogP contribution in [0.15, 0.2) is 28.4 Å². The van der Waals surface area contributed by atoms with Crippen molar-refractivity contribution in [3.05, 3.63) is 29.7 Å². The van der Waals surface area contributed by atoms with Crippen LogP contribution < -0.4 is 5.32 Å². The zero-order valence-corrected chi connectivity index (χ0v) is 12.4. The molecule has 0 radical (unpaired) electrons. The third kappa shape index (κ3) is 3.91. The van der Waals surface area contributed by atoms with Crippen LogP contribution in [-0.4, -0.2) is 28.0 Å². The molecule has 0 saturated heterocycles. The van der Waals surface area contributed by atoms with Gasteiger partial charge in [0, 0.05) is 10.9 Å². The normalized spacial score (nSPS) is 12.0. The van der Waals surface area contributed by atoms with E-state index in [4.69, 9.17) is 9.52 Å². The second-order valence-corrected chi connectivity index (χ2v) is 5.41. The van der Waals surface area contributed by atoms with Crippen molar-refractivity contribution in [3.63, 3.8) is 0 Å². The predicted octanol–water partition coefficient (Wildman–Crippen LogP) is 2.78. The Morgan fingerprint density at radius 1 is 1.52 bits per heavy atom. The minimum atomic E-state index is -1.03. The zero-order valence-electron chi connectivity index (χ0n) is 11.5. The van der Waals surface area contributed by atoms with Crippen LogP contribution in [0.25, 0.3) is 10.6 Å². The number of carbonyl (C=O) groups is 2. The molecule has 0 aromatic carbocycles. The maximum atomic E-state index is 12.1. The summed E-state index contributed by atoms with van der Waals surface area (Å²) in [6.45, 7) is 1.97. The number of hydrogen-bond acceptors (Lipinski definition) is 5. The van der Waals surface area contributed by atoms with Crippen LogP contribution >= 0.6 is 11.3 Å². The van der Waals surface area contributed by atoms with E-state index in [1.165, 1.54) is 17.6 Å². The molecule has 0 spiro atoms. The molecule has 2 aromatic heterocycles. The van der Waals surface area contributed by atoms with Gasteiger partial charge in [0.1, 0.15) is 23.0 Å². The van der Waals surface area contributed by atoms with Crippen molar-refractivity contribution in [3.8, 4) is 10.6 Å². The van der Waals surface area contributed by atoms with E-state index < -0.39 is 17.9 Å². The Balaban J connectivity index is 2.04. The molecule has 0 fully saturated rings. The Bertz CT molecular complexity index is 606. The third-order valence-corrected chi connectivity index (χ3v) is 3.85. The minimum Gasteiger partial charge on any atom is -0.480 e. The van der Waals surface area contributed by atoms with Crippen molar-refractivity contribution in [2.75, 3.05) is 0 Å². The highest BCUT2D eigenvalue weighted by atomic mass is 32.1. The van der Waals surface area contributed by atoms with Gasteiger partial charge in [0.25, 0.3) is 5.91 Å². The number of aromatic nitrogens is 1. The molecule has 1 atom stereocenters. The number of nitrogens with zero attached hydrogens (tertiary/aromatic N) is 1. The smallest absolute Gasteiger partial charge is 0.326 e. The van der Waals surface area contributed by atoms with Crippen molar-refractivity contribution >= 4 is 23.2 Å². The van der Waals surface area contributed by atoms with E-state index in [9.17, 15) is 9.59 Å². The van der Waals surface area contributed by atoms with Crippen LogP contribution in [0.4, 0.5) is 0 Å². The average Bonchev–Trinajstić information content (AvgIpc) is 3.12. The number of amides is 1. The van der Waals surface area contributed by atoms with Crippen LogP contribution in [-0.2, 0) is 4.79 Å². The Kier molecular flexibility index (Phi) is 5.10. The summed E-state index contributed by atoms with van der Waals surface area (Å²) in [6, 6.07) is 0.874. The summed E-state index contributed by atoms with van der Waals surface area (Å²) < 4.78 is 4.97. The van der Waals surface area contributed by atoms with Gasteiger partial charge in [-0.2, -0.15) is 0 Å². The molecule has 21 heavy (non-hydrogen) atoms. The number of unbranched alkanes of at least 4 members (excludes halogenated alkanes) is 1. The largest absolute Gasteiger partial charge is 0.480 e. The highest BCUT2D eigenvalue weighted by molar-refractivity contribution is 7.13. The maximum Gasteiger partial charge on any atom is 0.326 e. The Labute approximate surface area is 125 Å². The van der Waals surface area contributed by atoms with Crippen LogP contribution in [0.5, 0.6) is 0 Å². The van der Waals surface area contributed by atoms with Crippen molar-refractivity contribution in [2.24, 2.45) is 0 Å². The molecule has 7 heteroatoms. The fourth-order valence-electron chi connectivity index (χ4n) is 1.79. The molecule has 0 aliphatic carbocycles. The highest BCUT2D eigenvalue weighted by Gasteiger charge is 2.21. The van der Waals surface area contributed by atoms with Crippen molar-refractivity contribution in [1.82, 2.24) is 10.3 Å². The first-order valence-electron chi connectivity index (χ1n) is 6.63. The van der Waals surface area contributed by atoms with Gasteiger partial charge in [-0.05, 0) is 12.5 Å². The van der Waals surface area contributed by atoms with E-state index in [0.29, 0.717) is 11.4 Å². The summed E-state index contributed by atoms with van der Waals surface area (Å²) in [6.07, 6.45) is 5.11. The Morgan fingerprint density at radius 3 is 2.95 bits per heavy atom. The third-order valence-electron chi connectivity index (χ3n) is 2.95. The van der Waals surface area contributed by atoms with E-state index in [-0.39, 0.29) is 5.69 Å². The first-order chi connectivity index (χ1) is 10.1. The number of rotatable bonds is 7. The van der Waals surface area contributed by atoms with Gasteiger partial charge in [0.05, 0.1) is 6.26 Å². The molecule has 1 amide bonds. The monoisotopic (exact) mass is 308 g/mol. The Hall–Kier alpha value is -2.15. The molecule has 2 aromatic rings. The maximum absolute atomic E-state index is 12.1. The summed E-state index contributed by atoms with van der Waals surface area (Å²) >= 11 is 1.31. The second-order valence-electron chi connectivity index (χ2n) is 4.56. The van der Waals surface area contributed by atoms with Gasteiger partial charge in [-0.25, -0.2) is 9.78 Å². The minimum absolute atomic E-state index is 0.221. The number of hydrogen-bond donors (Lipinski definition) is 2. The molecule has 112 valence electrons. The lowest BCUT2D eigenvalue weighted by atomic mass is 10.1. The molecule has 0 unspecified atom stereocenters. The number of carbonyl (C=O) groups excluding carboxylic acids is 1. The van der Waals surface area contributed by atoms with E-state index >= 15 is 0 Å². The summed E-state index contributed by atoms with van der Waals surface area (Å²) in [4.78, 5) is 27.4. The van der Waals surface area contributed by atoms with Gasteiger partial charge < -0.3 is 14.8 Å². The quantitative estimate of drug-likeness (QED) is 0.820. The molecular formula is C14H16N2O4S. The summed E-state index contributed by atoms with van der Waals surface area (Å²) in [5.74, 6) is -1.49. The van der Waals surface area contributed by atoms with Crippen LogP contribution in [0.3, 0.4) is 0 Å². The molecule has 2 heterocycles. The number of thiazole rings is 1. The van der Waals surface area contributed by atoms with E-state index in [2.05, 4.69) is 10.3 Å². The van der Waals surface area contributed by atoms with E-state index in [0.717, 1.165) is 18.4 Å². The second kappa shape index (κ2) is 7.03. The first-order valence-corrected chi connectivity index (χ1v) is 7.51. The van der Waals surface area contributed by atoms with Crippen molar-refractivity contribution < 1.29 is 19.1 Å². The molecule has 0 aliphatic heterocycles. The molecule has 0 bridgehead atoms. The van der Waals surface area contributed by atoms with Gasteiger partial charge in [-0.1, -0.05) is 19.8 Å². The molecule has 2 N–H and O–H groups in total. The lowest BCUT2D eigenvalue weighted by Crippen LogP contribution is -2.40. The lowest BCUT2D eigenvalue weighted by Gasteiger charge is -2.12. The molecule has 2 rings (SSSR count). The fraction of sp³-hybridized carbons (Fsp3) is 0.357. The van der Waals surface area contributed by atoms with Gasteiger partial charge in [-0.15, -0.1) is 11.3 Å². The summed E-state index contributed by atoms with van der Waals surface area (Å²) in [5, 5.41) is 13.9. The number of nitrogens with one attached hydrogen (secondary N) is 1. The zero-order chi connectivity index (χ0) is 15.2. The fourth-order valence-corrected chi connectivity index (χ4v) is 2.58. The van der Waals surface area contributed by atoms with Gasteiger partial charge in [0.15, 0.2) is 0 Å². The van der Waals surface area contributed by atoms with Crippen LogP contribution in [0, 0.1) is 0 Å². The molecule has 6 nitrogen and oxygen atoms in total. The SMILES string of the molecule is CCCC[C@H](NC(=O)c1csc(-c2ccoc2)n1)C(=O)O. The molecule has 0 aliphatic rings. The highest BCUT2D eigenvalue weighted by Crippen LogP contribution is 2.23. The predicted molar refractivity (Wildman–Crippen MR) is 78.2 cm³/mol. The number of carboxylic acid groups (broad SMARTS) is 1. The van der Waals surface area contributed by atoms with Crippen molar-refractivity contribution in [2.45, 2.75) is 32.2 Å². The number of carboxylic acids is 1. The van der Waals surface area contributed by atoms with Crippen molar-refractivity contribution in [1.29, 1.82) is 0 Å². The summed E-state index contributed by atoms with van der Waals surface area (Å²) in [5.41, 5.74) is 1.01. The first kappa shape index (κ1) is 15.2. The number of furan rings is 1.